The van der Waals surface area contributed by atoms with Gasteiger partial charge in [0.05, 0.1) is 13.2 Å². The van der Waals surface area contributed by atoms with Gasteiger partial charge in [-0.15, -0.1) is 0 Å². The van der Waals surface area contributed by atoms with Crippen LogP contribution in [-0.4, -0.2) is 38.6 Å². The van der Waals surface area contributed by atoms with Crippen LogP contribution in [0, 0.1) is 0 Å². The standard InChI is InChI=1S/C13H18O4/c1-15-8-9-17-12-5-3-2-4-11(12)13(14)6-7-16-10-13/h2-5,14H,6-10H2,1H3. The molecule has 1 aromatic carbocycles. The summed E-state index contributed by atoms with van der Waals surface area (Å²) >= 11 is 0. The van der Waals surface area contributed by atoms with Gasteiger partial charge in [0.25, 0.3) is 0 Å². The molecule has 0 spiro atoms. The summed E-state index contributed by atoms with van der Waals surface area (Å²) < 4.78 is 15.8. The first-order chi connectivity index (χ1) is 8.26. The van der Waals surface area contributed by atoms with E-state index < -0.39 is 5.60 Å². The van der Waals surface area contributed by atoms with Crippen LogP contribution < -0.4 is 4.74 Å². The second-order valence-electron chi connectivity index (χ2n) is 4.17. The minimum Gasteiger partial charge on any atom is -0.491 e. The molecule has 1 aromatic rings. The zero-order valence-corrected chi connectivity index (χ0v) is 10.0. The normalized spacial score (nSPS) is 23.9. The molecule has 1 heterocycles. The van der Waals surface area contributed by atoms with Crippen molar-refractivity contribution in [1.29, 1.82) is 0 Å². The van der Waals surface area contributed by atoms with E-state index in [0.717, 1.165) is 5.56 Å². The van der Waals surface area contributed by atoms with Gasteiger partial charge in [-0.05, 0) is 6.07 Å². The molecule has 0 saturated carbocycles. The van der Waals surface area contributed by atoms with Crippen LogP contribution in [-0.2, 0) is 15.1 Å². The Hall–Kier alpha value is -1.10. The van der Waals surface area contributed by atoms with Gasteiger partial charge in [-0.3, -0.25) is 0 Å². The Bertz CT molecular complexity index is 358. The smallest absolute Gasteiger partial charge is 0.125 e. The van der Waals surface area contributed by atoms with Gasteiger partial charge in [-0.2, -0.15) is 0 Å². The van der Waals surface area contributed by atoms with Crippen LogP contribution in [0.25, 0.3) is 0 Å². The summed E-state index contributed by atoms with van der Waals surface area (Å²) in [5.41, 5.74) is -0.113. The summed E-state index contributed by atoms with van der Waals surface area (Å²) in [5, 5.41) is 10.5. The lowest BCUT2D eigenvalue weighted by Crippen LogP contribution is -2.26. The van der Waals surface area contributed by atoms with Gasteiger partial charge in [0.2, 0.25) is 0 Å². The van der Waals surface area contributed by atoms with E-state index in [2.05, 4.69) is 0 Å². The van der Waals surface area contributed by atoms with Crippen LogP contribution in [0.3, 0.4) is 0 Å². The lowest BCUT2D eigenvalue weighted by Gasteiger charge is -2.23. The molecule has 2 rings (SSSR count). The van der Waals surface area contributed by atoms with Crippen LogP contribution in [0.1, 0.15) is 12.0 Å². The fraction of sp³-hybridized carbons (Fsp3) is 0.538. The molecule has 1 unspecified atom stereocenters. The van der Waals surface area contributed by atoms with E-state index in [9.17, 15) is 5.11 Å². The number of hydrogen-bond acceptors (Lipinski definition) is 4. The average molecular weight is 238 g/mol. The number of rotatable bonds is 5. The summed E-state index contributed by atoms with van der Waals surface area (Å²) in [4.78, 5) is 0. The quantitative estimate of drug-likeness (QED) is 0.786. The summed E-state index contributed by atoms with van der Waals surface area (Å²) in [6.07, 6.45) is 0.609. The Morgan fingerprint density at radius 1 is 1.35 bits per heavy atom. The van der Waals surface area contributed by atoms with E-state index in [1.165, 1.54) is 0 Å². The van der Waals surface area contributed by atoms with Crippen molar-refractivity contribution in [1.82, 2.24) is 0 Å². The van der Waals surface area contributed by atoms with Crippen LogP contribution in [0.4, 0.5) is 0 Å². The number of ether oxygens (including phenoxy) is 3. The molecule has 1 saturated heterocycles. The monoisotopic (exact) mass is 238 g/mol. The second kappa shape index (κ2) is 5.49. The molecular formula is C13H18O4. The number of para-hydroxylation sites is 1. The van der Waals surface area contributed by atoms with E-state index in [0.29, 0.717) is 38.6 Å². The number of aliphatic hydroxyl groups is 1. The molecule has 1 atom stereocenters. The molecule has 4 heteroatoms. The molecule has 0 aromatic heterocycles. The van der Waals surface area contributed by atoms with Crippen molar-refractivity contribution in [3.63, 3.8) is 0 Å². The minimum absolute atomic E-state index is 0.331. The highest BCUT2D eigenvalue weighted by Crippen LogP contribution is 2.36. The predicted molar refractivity (Wildman–Crippen MR) is 63.1 cm³/mol. The van der Waals surface area contributed by atoms with E-state index >= 15 is 0 Å². The molecule has 1 aliphatic heterocycles. The van der Waals surface area contributed by atoms with Crippen molar-refractivity contribution in [3.05, 3.63) is 29.8 Å². The second-order valence-corrected chi connectivity index (χ2v) is 4.17. The molecule has 17 heavy (non-hydrogen) atoms. The molecule has 0 radical (unpaired) electrons. The van der Waals surface area contributed by atoms with Gasteiger partial charge in [0, 0.05) is 25.7 Å². The average Bonchev–Trinajstić information content (AvgIpc) is 2.78. The van der Waals surface area contributed by atoms with Gasteiger partial charge in [-0.25, -0.2) is 0 Å². The van der Waals surface area contributed by atoms with E-state index in [-0.39, 0.29) is 0 Å². The maximum absolute atomic E-state index is 10.5. The highest BCUT2D eigenvalue weighted by atomic mass is 16.5. The Labute approximate surface area is 101 Å². The van der Waals surface area contributed by atoms with Gasteiger partial charge < -0.3 is 19.3 Å². The highest BCUT2D eigenvalue weighted by Gasteiger charge is 2.36. The molecular weight excluding hydrogens is 220 g/mol. The Morgan fingerprint density at radius 2 is 2.18 bits per heavy atom. The van der Waals surface area contributed by atoms with Gasteiger partial charge >= 0.3 is 0 Å². The maximum atomic E-state index is 10.5. The molecule has 1 aliphatic rings. The molecule has 0 bridgehead atoms. The molecule has 1 N–H and O–H groups in total. The van der Waals surface area contributed by atoms with Crippen molar-refractivity contribution in [2.24, 2.45) is 0 Å². The topological polar surface area (TPSA) is 47.9 Å². The minimum atomic E-state index is -0.913. The fourth-order valence-corrected chi connectivity index (χ4v) is 1.98. The lowest BCUT2D eigenvalue weighted by molar-refractivity contribution is 0.0201. The third-order valence-corrected chi connectivity index (χ3v) is 2.93. The van der Waals surface area contributed by atoms with Crippen molar-refractivity contribution in [2.45, 2.75) is 12.0 Å². The number of hydrogen-bond donors (Lipinski definition) is 1. The molecule has 1 fully saturated rings. The van der Waals surface area contributed by atoms with Crippen LogP contribution in [0.5, 0.6) is 5.75 Å². The molecule has 4 nitrogen and oxygen atoms in total. The third kappa shape index (κ3) is 2.77. The van der Waals surface area contributed by atoms with Crippen molar-refractivity contribution < 1.29 is 19.3 Å². The molecule has 0 amide bonds. The molecule has 94 valence electrons. The summed E-state index contributed by atoms with van der Waals surface area (Å²) in [5.74, 6) is 0.706. The highest BCUT2D eigenvalue weighted by molar-refractivity contribution is 5.38. The Kier molecular flexibility index (Phi) is 3.99. The first-order valence-corrected chi connectivity index (χ1v) is 5.78. The van der Waals surface area contributed by atoms with Gasteiger partial charge in [0.15, 0.2) is 0 Å². The maximum Gasteiger partial charge on any atom is 0.125 e. The zero-order chi connectivity index (χ0) is 12.1. The molecule has 0 aliphatic carbocycles. The predicted octanol–water partition coefficient (Wildman–Crippen LogP) is 1.32. The van der Waals surface area contributed by atoms with Crippen molar-refractivity contribution in [2.75, 3.05) is 33.5 Å². The zero-order valence-electron chi connectivity index (χ0n) is 10.0. The van der Waals surface area contributed by atoms with Crippen LogP contribution in [0.2, 0.25) is 0 Å². The van der Waals surface area contributed by atoms with E-state index in [1.807, 2.05) is 24.3 Å². The number of methoxy groups -OCH3 is 1. The first-order valence-electron chi connectivity index (χ1n) is 5.78. The largest absolute Gasteiger partial charge is 0.491 e. The lowest BCUT2D eigenvalue weighted by atomic mass is 9.92. The van der Waals surface area contributed by atoms with Crippen molar-refractivity contribution >= 4 is 0 Å². The third-order valence-electron chi connectivity index (χ3n) is 2.93. The number of benzene rings is 1. The van der Waals surface area contributed by atoms with Crippen molar-refractivity contribution in [3.8, 4) is 5.75 Å². The van der Waals surface area contributed by atoms with Crippen LogP contribution >= 0.6 is 0 Å². The first kappa shape index (κ1) is 12.4. The van der Waals surface area contributed by atoms with E-state index in [4.69, 9.17) is 14.2 Å². The van der Waals surface area contributed by atoms with Crippen LogP contribution in [0.15, 0.2) is 24.3 Å². The summed E-state index contributed by atoms with van der Waals surface area (Å²) in [6.45, 7) is 1.92. The Balaban J connectivity index is 2.15. The Morgan fingerprint density at radius 3 is 2.88 bits per heavy atom. The SMILES string of the molecule is COCCOc1ccccc1C1(O)CCOC1. The van der Waals surface area contributed by atoms with E-state index in [1.54, 1.807) is 7.11 Å². The fourth-order valence-electron chi connectivity index (χ4n) is 1.98. The summed E-state index contributed by atoms with van der Waals surface area (Å²) in [6, 6.07) is 7.54. The van der Waals surface area contributed by atoms with Gasteiger partial charge in [-0.1, -0.05) is 18.2 Å². The summed E-state index contributed by atoms with van der Waals surface area (Å²) in [7, 11) is 1.63. The van der Waals surface area contributed by atoms with Gasteiger partial charge in [0.1, 0.15) is 18.0 Å².